The van der Waals surface area contributed by atoms with Gasteiger partial charge in [0.1, 0.15) is 7.28 Å². The first kappa shape index (κ1) is 14.8. The Morgan fingerprint density at radius 3 is 2.45 bits per heavy atom. The molecule has 0 spiro atoms. The molecule has 0 fully saturated rings. The zero-order chi connectivity index (χ0) is 14.4. The first-order chi connectivity index (χ1) is 9.65. The summed E-state index contributed by atoms with van der Waals surface area (Å²) >= 11 is 5.81. The molecule has 0 amide bonds. The van der Waals surface area contributed by atoms with Crippen molar-refractivity contribution < 1.29 is 8.78 Å². The standard InChI is InChI=1S/C16H14BClF2/c18-14-6-3-12(4-7-14)2-1-9-17-11-13-5-8-15(19)16(20)10-13/h1-8,10,17H,9,11H2/b2-1-. The van der Waals surface area contributed by atoms with Crippen LogP contribution in [0, 0.1) is 11.6 Å². The van der Waals surface area contributed by atoms with E-state index >= 15 is 0 Å². The molecule has 0 aliphatic carbocycles. The van der Waals surface area contributed by atoms with Crippen LogP contribution in [0.3, 0.4) is 0 Å². The van der Waals surface area contributed by atoms with E-state index in [1.165, 1.54) is 12.1 Å². The quantitative estimate of drug-likeness (QED) is 0.554. The summed E-state index contributed by atoms with van der Waals surface area (Å²) < 4.78 is 25.8. The molecule has 0 radical (unpaired) electrons. The number of hydrogen-bond donors (Lipinski definition) is 0. The van der Waals surface area contributed by atoms with Crippen LogP contribution in [0.1, 0.15) is 11.1 Å². The fraction of sp³-hybridized carbons (Fsp3) is 0.125. The van der Waals surface area contributed by atoms with Crippen molar-refractivity contribution in [2.75, 3.05) is 0 Å². The molecule has 0 saturated carbocycles. The van der Waals surface area contributed by atoms with Crippen molar-refractivity contribution in [3.05, 3.63) is 76.3 Å². The van der Waals surface area contributed by atoms with Gasteiger partial charge in [0.2, 0.25) is 0 Å². The third-order valence-corrected chi connectivity index (χ3v) is 3.25. The van der Waals surface area contributed by atoms with E-state index < -0.39 is 11.6 Å². The van der Waals surface area contributed by atoms with Gasteiger partial charge in [0.05, 0.1) is 0 Å². The summed E-state index contributed by atoms with van der Waals surface area (Å²) in [6, 6.07) is 11.7. The maximum absolute atomic E-state index is 13.0. The summed E-state index contributed by atoms with van der Waals surface area (Å²) in [5.74, 6) is -1.57. The minimum absolute atomic E-state index is 0.723. The normalized spacial score (nSPS) is 10.9. The van der Waals surface area contributed by atoms with E-state index in [2.05, 4.69) is 6.08 Å². The second-order valence-electron chi connectivity index (χ2n) is 4.59. The Bertz CT molecular complexity index is 594. The second-order valence-corrected chi connectivity index (χ2v) is 5.03. The molecule has 0 nitrogen and oxygen atoms in total. The van der Waals surface area contributed by atoms with Gasteiger partial charge in [-0.25, -0.2) is 8.78 Å². The molecule has 0 aromatic heterocycles. The average molecular weight is 291 g/mol. The molecular formula is C16H14BClF2. The fourth-order valence-corrected chi connectivity index (χ4v) is 2.04. The molecule has 2 rings (SSSR count). The van der Waals surface area contributed by atoms with Gasteiger partial charge in [0.25, 0.3) is 0 Å². The topological polar surface area (TPSA) is 0 Å². The van der Waals surface area contributed by atoms with Gasteiger partial charge >= 0.3 is 0 Å². The van der Waals surface area contributed by atoms with Gasteiger partial charge in [-0.3, -0.25) is 0 Å². The van der Waals surface area contributed by atoms with Gasteiger partial charge in [-0.15, -0.1) is 0 Å². The predicted octanol–water partition coefficient (Wildman–Crippen LogP) is 4.69. The van der Waals surface area contributed by atoms with Crippen LogP contribution in [-0.2, 0) is 6.32 Å². The van der Waals surface area contributed by atoms with E-state index in [1.807, 2.05) is 30.3 Å². The van der Waals surface area contributed by atoms with Crippen LogP contribution in [0.5, 0.6) is 0 Å². The number of allylic oxidation sites excluding steroid dienone is 1. The molecule has 0 N–H and O–H groups in total. The van der Waals surface area contributed by atoms with E-state index in [4.69, 9.17) is 11.6 Å². The molecule has 2 aromatic rings. The highest BCUT2D eigenvalue weighted by atomic mass is 35.5. The van der Waals surface area contributed by atoms with Crippen molar-refractivity contribution in [1.29, 1.82) is 0 Å². The van der Waals surface area contributed by atoms with Crippen molar-refractivity contribution in [3.63, 3.8) is 0 Å². The molecule has 0 aliphatic rings. The van der Waals surface area contributed by atoms with Crippen LogP contribution in [0.2, 0.25) is 11.3 Å². The Hall–Kier alpha value is -1.61. The van der Waals surface area contributed by atoms with E-state index in [-0.39, 0.29) is 0 Å². The molecule has 102 valence electrons. The summed E-state index contributed by atoms with van der Waals surface area (Å²) in [5.41, 5.74) is 1.92. The Kier molecular flexibility index (Phi) is 5.36. The lowest BCUT2D eigenvalue weighted by Crippen LogP contribution is -1.96. The smallest absolute Gasteiger partial charge is 0.159 e. The van der Waals surface area contributed by atoms with Crippen LogP contribution in [0.4, 0.5) is 8.78 Å². The zero-order valence-corrected chi connectivity index (χ0v) is 11.7. The molecular weight excluding hydrogens is 276 g/mol. The minimum Gasteiger partial charge on any atom is -0.204 e. The van der Waals surface area contributed by atoms with E-state index in [0.717, 1.165) is 36.1 Å². The number of halogens is 3. The molecule has 0 unspecified atom stereocenters. The highest BCUT2D eigenvalue weighted by Crippen LogP contribution is 2.11. The third kappa shape index (κ3) is 4.50. The van der Waals surface area contributed by atoms with Crippen molar-refractivity contribution in [3.8, 4) is 0 Å². The summed E-state index contributed by atoms with van der Waals surface area (Å²) in [4.78, 5) is 0. The van der Waals surface area contributed by atoms with Gasteiger partial charge in [-0.1, -0.05) is 60.2 Å². The monoisotopic (exact) mass is 290 g/mol. The SMILES string of the molecule is Fc1ccc(CBC/C=C\c2ccc(Cl)cc2)cc1F. The van der Waals surface area contributed by atoms with Crippen LogP contribution in [-0.4, -0.2) is 7.28 Å². The largest absolute Gasteiger partial charge is 0.204 e. The molecule has 20 heavy (non-hydrogen) atoms. The maximum Gasteiger partial charge on any atom is 0.159 e. The summed E-state index contributed by atoms with van der Waals surface area (Å²) in [7, 11) is 0.898. The number of hydrogen-bond acceptors (Lipinski definition) is 0. The molecule has 4 heteroatoms. The summed E-state index contributed by atoms with van der Waals surface area (Å²) in [5, 5.41) is 0.723. The molecule has 2 aromatic carbocycles. The lowest BCUT2D eigenvalue weighted by molar-refractivity contribution is 0.507. The molecule has 0 bridgehead atoms. The van der Waals surface area contributed by atoms with Crippen molar-refractivity contribution in [2.24, 2.45) is 0 Å². The van der Waals surface area contributed by atoms with Crippen LogP contribution in [0.25, 0.3) is 6.08 Å². The number of benzene rings is 2. The molecule has 0 saturated heterocycles. The van der Waals surface area contributed by atoms with Crippen molar-refractivity contribution in [2.45, 2.75) is 12.6 Å². The van der Waals surface area contributed by atoms with Gasteiger partial charge in [-0.05, 0) is 29.8 Å². The predicted molar refractivity (Wildman–Crippen MR) is 82.5 cm³/mol. The molecule has 0 atom stereocenters. The maximum atomic E-state index is 13.0. The van der Waals surface area contributed by atoms with Gasteiger partial charge in [0.15, 0.2) is 11.6 Å². The van der Waals surface area contributed by atoms with Crippen molar-refractivity contribution >= 4 is 25.0 Å². The third-order valence-electron chi connectivity index (χ3n) is 3.00. The lowest BCUT2D eigenvalue weighted by atomic mass is 9.68. The van der Waals surface area contributed by atoms with E-state index in [9.17, 15) is 8.78 Å². The summed E-state index contributed by atoms with van der Waals surface area (Å²) in [6.45, 7) is 0. The molecule has 0 heterocycles. The van der Waals surface area contributed by atoms with Crippen molar-refractivity contribution in [1.82, 2.24) is 0 Å². The Balaban J connectivity index is 1.78. The van der Waals surface area contributed by atoms with Crippen LogP contribution < -0.4 is 0 Å². The highest BCUT2D eigenvalue weighted by Gasteiger charge is 2.02. The van der Waals surface area contributed by atoms with Crippen LogP contribution >= 0.6 is 11.6 Å². The van der Waals surface area contributed by atoms with Gasteiger partial charge < -0.3 is 0 Å². The Morgan fingerprint density at radius 1 is 1.00 bits per heavy atom. The Morgan fingerprint density at radius 2 is 1.75 bits per heavy atom. The fourth-order valence-electron chi connectivity index (χ4n) is 1.91. The van der Waals surface area contributed by atoms with E-state index in [1.54, 1.807) is 6.07 Å². The zero-order valence-electron chi connectivity index (χ0n) is 11.0. The minimum atomic E-state index is -0.795. The summed E-state index contributed by atoms with van der Waals surface area (Å²) in [6.07, 6.45) is 5.73. The second kappa shape index (κ2) is 7.25. The highest BCUT2D eigenvalue weighted by molar-refractivity contribution is 6.35. The van der Waals surface area contributed by atoms with Crippen LogP contribution in [0.15, 0.2) is 48.5 Å². The number of rotatable bonds is 5. The Labute approximate surface area is 123 Å². The lowest BCUT2D eigenvalue weighted by Gasteiger charge is -1.99. The average Bonchev–Trinajstić information content (AvgIpc) is 2.44. The van der Waals surface area contributed by atoms with E-state index in [0.29, 0.717) is 0 Å². The molecule has 0 aliphatic heterocycles. The van der Waals surface area contributed by atoms with Gasteiger partial charge in [-0.2, -0.15) is 0 Å². The first-order valence-electron chi connectivity index (χ1n) is 6.51. The van der Waals surface area contributed by atoms with Gasteiger partial charge in [0, 0.05) is 5.02 Å². The first-order valence-corrected chi connectivity index (χ1v) is 6.89.